The molecule has 2 saturated heterocycles. The van der Waals surface area contributed by atoms with Crippen LogP contribution >= 0.6 is 0 Å². The smallest absolute Gasteiger partial charge is 0.326 e. The molecule has 2 heterocycles. The number of nitrogens with zero attached hydrogens (tertiary/aromatic N) is 2. The lowest BCUT2D eigenvalue weighted by molar-refractivity contribution is -0.152. The number of carboxylic acids is 1. The van der Waals surface area contributed by atoms with Crippen molar-refractivity contribution in [3.63, 3.8) is 0 Å². The maximum Gasteiger partial charge on any atom is 0.326 e. The van der Waals surface area contributed by atoms with Crippen molar-refractivity contribution < 1.29 is 24.3 Å². The van der Waals surface area contributed by atoms with Gasteiger partial charge in [0, 0.05) is 37.9 Å². The van der Waals surface area contributed by atoms with Crippen molar-refractivity contribution in [2.45, 2.75) is 69.5 Å². The van der Waals surface area contributed by atoms with Crippen molar-refractivity contribution in [2.24, 2.45) is 11.7 Å². The van der Waals surface area contributed by atoms with E-state index in [1.807, 2.05) is 60.7 Å². The molecule has 0 radical (unpaired) electrons. The first-order valence-corrected chi connectivity index (χ1v) is 13.5. The number of carbonyl (C=O) groups is 4. The van der Waals surface area contributed by atoms with Gasteiger partial charge >= 0.3 is 5.97 Å². The minimum absolute atomic E-state index is 0.0507. The molecule has 4 rings (SSSR count). The highest BCUT2D eigenvalue weighted by Gasteiger charge is 2.43. The first-order valence-electron chi connectivity index (χ1n) is 13.5. The van der Waals surface area contributed by atoms with Gasteiger partial charge in [-0.3, -0.25) is 14.4 Å². The van der Waals surface area contributed by atoms with E-state index in [1.54, 1.807) is 4.90 Å². The molecular formula is C30H37N3O5. The summed E-state index contributed by atoms with van der Waals surface area (Å²) in [6.45, 7) is 0.813. The van der Waals surface area contributed by atoms with Crippen molar-refractivity contribution in [3.8, 4) is 0 Å². The van der Waals surface area contributed by atoms with E-state index in [1.165, 1.54) is 4.90 Å². The van der Waals surface area contributed by atoms with Gasteiger partial charge in [0.15, 0.2) is 0 Å². The molecule has 0 unspecified atom stereocenters. The molecular weight excluding hydrogens is 482 g/mol. The van der Waals surface area contributed by atoms with Gasteiger partial charge in [-0.25, -0.2) is 4.79 Å². The molecule has 3 N–H and O–H groups in total. The van der Waals surface area contributed by atoms with E-state index < -0.39 is 24.0 Å². The third-order valence-electron chi connectivity index (χ3n) is 7.62. The minimum atomic E-state index is -1.01. The number of amides is 2. The average Bonchev–Trinajstić information content (AvgIpc) is 3.59. The number of nitrogens with two attached hydrogens (primary N) is 1. The normalized spacial score (nSPS) is 20.8. The quantitative estimate of drug-likeness (QED) is 0.471. The Kier molecular flexibility index (Phi) is 9.29. The Balaban J connectivity index is 1.46. The number of carboxylic acid groups (broad SMARTS) is 1. The topological polar surface area (TPSA) is 121 Å². The van der Waals surface area contributed by atoms with Crippen LogP contribution in [0.15, 0.2) is 60.7 Å². The van der Waals surface area contributed by atoms with Gasteiger partial charge in [0.1, 0.15) is 17.9 Å². The molecule has 0 aliphatic carbocycles. The van der Waals surface area contributed by atoms with Crippen LogP contribution in [-0.4, -0.2) is 69.7 Å². The number of Topliss-reactive ketones (excluding diaryl/α,β-unsaturated/α-hetero) is 1. The van der Waals surface area contributed by atoms with Crippen LogP contribution in [-0.2, 0) is 32.0 Å². The monoisotopic (exact) mass is 519 g/mol. The van der Waals surface area contributed by atoms with E-state index in [0.717, 1.165) is 11.1 Å². The van der Waals surface area contributed by atoms with Crippen LogP contribution in [0.4, 0.5) is 0 Å². The van der Waals surface area contributed by atoms with Gasteiger partial charge in [-0.05, 0) is 49.7 Å². The summed E-state index contributed by atoms with van der Waals surface area (Å²) in [7, 11) is 0. The Hall–Kier alpha value is -3.52. The van der Waals surface area contributed by atoms with E-state index in [2.05, 4.69) is 0 Å². The molecule has 4 atom stereocenters. The Labute approximate surface area is 223 Å². The number of hydrogen-bond donors (Lipinski definition) is 2. The number of hydrogen-bond acceptors (Lipinski definition) is 5. The molecule has 8 heteroatoms. The number of likely N-dealkylation sites (tertiary alicyclic amines) is 2. The van der Waals surface area contributed by atoms with Gasteiger partial charge < -0.3 is 20.6 Å². The average molecular weight is 520 g/mol. The van der Waals surface area contributed by atoms with Crippen molar-refractivity contribution in [3.05, 3.63) is 71.8 Å². The highest BCUT2D eigenvalue weighted by atomic mass is 16.4. The molecule has 202 valence electrons. The van der Waals surface area contributed by atoms with Gasteiger partial charge in [-0.2, -0.15) is 0 Å². The SMILES string of the molecule is N[C@H](CC(=O)C[C@H](Cc1ccccc1)C(=O)N1CCC[C@@H]1C(=O)N1CCC[C@@H]1C(=O)O)Cc1ccccc1. The number of aliphatic carboxylic acids is 1. The van der Waals surface area contributed by atoms with E-state index >= 15 is 0 Å². The minimum Gasteiger partial charge on any atom is -0.480 e. The Morgan fingerprint density at radius 2 is 1.34 bits per heavy atom. The van der Waals surface area contributed by atoms with Crippen molar-refractivity contribution in [1.82, 2.24) is 9.80 Å². The Bertz CT molecular complexity index is 1120. The highest BCUT2D eigenvalue weighted by molar-refractivity contribution is 5.93. The fourth-order valence-corrected chi connectivity index (χ4v) is 5.79. The third-order valence-corrected chi connectivity index (χ3v) is 7.62. The summed E-state index contributed by atoms with van der Waals surface area (Å²) in [6.07, 6.45) is 3.42. The van der Waals surface area contributed by atoms with Crippen molar-refractivity contribution in [1.29, 1.82) is 0 Å². The molecule has 2 aromatic rings. The van der Waals surface area contributed by atoms with E-state index in [4.69, 9.17) is 5.73 Å². The van der Waals surface area contributed by atoms with Gasteiger partial charge in [-0.15, -0.1) is 0 Å². The molecule has 0 bridgehead atoms. The second kappa shape index (κ2) is 12.8. The summed E-state index contributed by atoms with van der Waals surface area (Å²) in [5, 5.41) is 9.54. The summed E-state index contributed by atoms with van der Waals surface area (Å²) in [6, 6.07) is 17.5. The van der Waals surface area contributed by atoms with Crippen LogP contribution in [0.25, 0.3) is 0 Å². The maximum absolute atomic E-state index is 13.9. The first kappa shape index (κ1) is 27.5. The Morgan fingerprint density at radius 1 is 0.789 bits per heavy atom. The highest BCUT2D eigenvalue weighted by Crippen LogP contribution is 2.28. The number of benzene rings is 2. The number of carbonyl (C=O) groups excluding carboxylic acids is 3. The standard InChI is InChI=1S/C30H37N3O5/c31-24(18-22-11-5-2-6-12-22)20-25(34)19-23(17-21-9-3-1-4-10-21)28(35)32-15-7-13-26(32)29(36)33-16-8-14-27(33)30(37)38/h1-6,9-12,23-24,26-27H,7-8,13-20,31H2,(H,37,38)/t23-,24-,26+,27+/m0/s1. The molecule has 38 heavy (non-hydrogen) atoms. The van der Waals surface area contributed by atoms with Crippen LogP contribution in [0.5, 0.6) is 0 Å². The predicted octanol–water partition coefficient (Wildman–Crippen LogP) is 2.83. The van der Waals surface area contributed by atoms with Crippen LogP contribution in [0.1, 0.15) is 49.7 Å². The third kappa shape index (κ3) is 6.86. The van der Waals surface area contributed by atoms with E-state index in [9.17, 15) is 24.3 Å². The fraction of sp³-hybridized carbons (Fsp3) is 0.467. The predicted molar refractivity (Wildman–Crippen MR) is 143 cm³/mol. The van der Waals surface area contributed by atoms with Gasteiger partial charge in [0.2, 0.25) is 11.8 Å². The number of rotatable bonds is 11. The Morgan fingerprint density at radius 3 is 1.95 bits per heavy atom. The van der Waals surface area contributed by atoms with E-state index in [-0.39, 0.29) is 36.5 Å². The maximum atomic E-state index is 13.9. The largest absolute Gasteiger partial charge is 0.480 e. The summed E-state index contributed by atoms with van der Waals surface area (Å²) in [5.41, 5.74) is 8.29. The number of ketones is 1. The zero-order valence-corrected chi connectivity index (χ0v) is 21.7. The van der Waals surface area contributed by atoms with Crippen LogP contribution in [0.2, 0.25) is 0 Å². The molecule has 2 amide bonds. The molecule has 0 saturated carbocycles. The lowest BCUT2D eigenvalue weighted by Gasteiger charge is -2.32. The molecule has 2 aliphatic heterocycles. The van der Waals surface area contributed by atoms with Crippen molar-refractivity contribution >= 4 is 23.6 Å². The molecule has 0 aromatic heterocycles. The molecule has 8 nitrogen and oxygen atoms in total. The summed E-state index contributed by atoms with van der Waals surface area (Å²) in [5.74, 6) is -2.21. The molecule has 2 aliphatic rings. The lowest BCUT2D eigenvalue weighted by atomic mass is 9.90. The summed E-state index contributed by atoms with van der Waals surface area (Å²) < 4.78 is 0. The summed E-state index contributed by atoms with van der Waals surface area (Å²) in [4.78, 5) is 55.0. The first-order chi connectivity index (χ1) is 18.3. The summed E-state index contributed by atoms with van der Waals surface area (Å²) >= 11 is 0. The fourth-order valence-electron chi connectivity index (χ4n) is 5.79. The second-order valence-corrected chi connectivity index (χ2v) is 10.5. The van der Waals surface area contributed by atoms with Gasteiger partial charge in [0.25, 0.3) is 0 Å². The van der Waals surface area contributed by atoms with Crippen molar-refractivity contribution in [2.75, 3.05) is 13.1 Å². The van der Waals surface area contributed by atoms with Crippen LogP contribution in [0, 0.1) is 5.92 Å². The van der Waals surface area contributed by atoms with E-state index in [0.29, 0.717) is 51.6 Å². The van der Waals surface area contributed by atoms with Crippen LogP contribution in [0.3, 0.4) is 0 Å². The van der Waals surface area contributed by atoms with Gasteiger partial charge in [-0.1, -0.05) is 60.7 Å². The zero-order valence-electron chi connectivity index (χ0n) is 21.7. The zero-order chi connectivity index (χ0) is 27.1. The van der Waals surface area contributed by atoms with Crippen LogP contribution < -0.4 is 5.73 Å². The second-order valence-electron chi connectivity index (χ2n) is 10.5. The molecule has 2 aromatic carbocycles. The molecule has 0 spiro atoms. The van der Waals surface area contributed by atoms with Gasteiger partial charge in [0.05, 0.1) is 0 Å². The lowest BCUT2D eigenvalue weighted by Crippen LogP contribution is -2.52. The molecule has 2 fully saturated rings.